The molecule has 0 aliphatic carbocycles. The van der Waals surface area contributed by atoms with E-state index in [4.69, 9.17) is 11.6 Å². The Kier molecular flexibility index (Phi) is 5.30. The van der Waals surface area contributed by atoms with Crippen molar-refractivity contribution in [2.45, 2.75) is 43.5 Å². The number of nitrogens with one attached hydrogen (secondary N) is 1. The summed E-state index contributed by atoms with van der Waals surface area (Å²) in [7, 11) is -1.90. The first-order valence-corrected chi connectivity index (χ1v) is 9.14. The molecule has 0 saturated carbocycles. The maximum absolute atomic E-state index is 12.8. The molecule has 0 atom stereocenters. The third-order valence-electron chi connectivity index (χ3n) is 4.10. The van der Waals surface area contributed by atoms with Crippen LogP contribution >= 0.6 is 11.6 Å². The van der Waals surface area contributed by atoms with E-state index in [9.17, 15) is 8.42 Å². The van der Waals surface area contributed by atoms with Crippen molar-refractivity contribution < 1.29 is 8.42 Å². The van der Waals surface area contributed by atoms with Crippen LogP contribution < -0.4 is 5.32 Å². The van der Waals surface area contributed by atoms with Gasteiger partial charge in [0.15, 0.2) is 0 Å². The van der Waals surface area contributed by atoms with Crippen LogP contribution in [0.3, 0.4) is 0 Å². The highest BCUT2D eigenvalue weighted by Crippen LogP contribution is 2.29. The van der Waals surface area contributed by atoms with Gasteiger partial charge in [0.1, 0.15) is 4.90 Å². The minimum atomic E-state index is -3.55. The molecule has 0 amide bonds. The lowest BCUT2D eigenvalue weighted by atomic mass is 10.0. The molecule has 21 heavy (non-hydrogen) atoms. The Balaban J connectivity index is 2.36. The van der Waals surface area contributed by atoms with Crippen molar-refractivity contribution in [3.05, 3.63) is 28.8 Å². The SMILES string of the molecule is CC(C)c1ccc(Cl)c(S(=O)(=O)N(C)C2CCNCC2)c1. The predicted molar refractivity (Wildman–Crippen MR) is 86.4 cm³/mol. The van der Waals surface area contributed by atoms with Crippen molar-refractivity contribution in [1.82, 2.24) is 9.62 Å². The standard InChI is InChI=1S/C15H23ClN2O2S/c1-11(2)12-4-5-14(16)15(10-12)21(19,20)18(3)13-6-8-17-9-7-13/h4-5,10-11,13,17H,6-9H2,1-3H3. The maximum Gasteiger partial charge on any atom is 0.244 e. The van der Waals surface area contributed by atoms with Gasteiger partial charge in [-0.3, -0.25) is 0 Å². The first kappa shape index (κ1) is 16.7. The summed E-state index contributed by atoms with van der Waals surface area (Å²) in [6.45, 7) is 5.78. The molecule has 1 saturated heterocycles. The van der Waals surface area contributed by atoms with E-state index in [1.165, 1.54) is 4.31 Å². The van der Waals surface area contributed by atoms with Gasteiger partial charge >= 0.3 is 0 Å². The second-order valence-corrected chi connectivity index (χ2v) is 8.22. The molecule has 1 aromatic carbocycles. The summed E-state index contributed by atoms with van der Waals surface area (Å²) in [5, 5.41) is 3.54. The number of nitrogens with zero attached hydrogens (tertiary/aromatic N) is 1. The van der Waals surface area contributed by atoms with E-state index >= 15 is 0 Å². The van der Waals surface area contributed by atoms with E-state index in [-0.39, 0.29) is 16.9 Å². The van der Waals surface area contributed by atoms with Crippen LogP contribution in [0.1, 0.15) is 38.2 Å². The maximum atomic E-state index is 12.8. The molecule has 0 unspecified atom stereocenters. The van der Waals surface area contributed by atoms with E-state index < -0.39 is 10.0 Å². The number of benzene rings is 1. The molecular weight excluding hydrogens is 308 g/mol. The fourth-order valence-electron chi connectivity index (χ4n) is 2.60. The van der Waals surface area contributed by atoms with Crippen LogP contribution in [0.5, 0.6) is 0 Å². The number of piperidine rings is 1. The van der Waals surface area contributed by atoms with Crippen LogP contribution in [0.4, 0.5) is 0 Å². The lowest BCUT2D eigenvalue weighted by Crippen LogP contribution is -2.43. The van der Waals surface area contributed by atoms with Gasteiger partial charge in [-0.25, -0.2) is 8.42 Å². The van der Waals surface area contributed by atoms with Gasteiger partial charge in [-0.05, 0) is 49.5 Å². The Morgan fingerprint density at radius 3 is 2.48 bits per heavy atom. The summed E-state index contributed by atoms with van der Waals surface area (Å²) in [5.74, 6) is 0.264. The van der Waals surface area contributed by atoms with Crippen LogP contribution in [-0.2, 0) is 10.0 Å². The third-order valence-corrected chi connectivity index (χ3v) is 6.49. The van der Waals surface area contributed by atoms with Gasteiger partial charge < -0.3 is 5.32 Å². The van der Waals surface area contributed by atoms with E-state index in [2.05, 4.69) is 5.32 Å². The molecule has 6 heteroatoms. The highest BCUT2D eigenvalue weighted by atomic mass is 35.5. The zero-order valence-corrected chi connectivity index (χ0v) is 14.3. The molecule has 1 aliphatic heterocycles. The first-order chi connectivity index (χ1) is 9.84. The van der Waals surface area contributed by atoms with Crippen LogP contribution in [0.25, 0.3) is 0 Å². The topological polar surface area (TPSA) is 49.4 Å². The first-order valence-electron chi connectivity index (χ1n) is 7.32. The monoisotopic (exact) mass is 330 g/mol. The Morgan fingerprint density at radius 1 is 1.29 bits per heavy atom. The molecule has 4 nitrogen and oxygen atoms in total. The number of halogens is 1. The molecule has 1 N–H and O–H groups in total. The average molecular weight is 331 g/mol. The summed E-state index contributed by atoms with van der Waals surface area (Å²) in [5.41, 5.74) is 0.983. The fraction of sp³-hybridized carbons (Fsp3) is 0.600. The molecule has 1 heterocycles. The summed E-state index contributed by atoms with van der Waals surface area (Å²) in [4.78, 5) is 0.219. The fourth-order valence-corrected chi connectivity index (χ4v) is 4.52. The zero-order chi connectivity index (χ0) is 15.6. The van der Waals surface area contributed by atoms with Crippen LogP contribution in [-0.4, -0.2) is 38.9 Å². The Morgan fingerprint density at radius 2 is 1.90 bits per heavy atom. The van der Waals surface area contributed by atoms with Gasteiger partial charge in [-0.15, -0.1) is 0 Å². The van der Waals surface area contributed by atoms with Gasteiger partial charge in [-0.1, -0.05) is 31.5 Å². The number of hydrogen-bond donors (Lipinski definition) is 1. The van der Waals surface area contributed by atoms with Crippen molar-refractivity contribution in [2.24, 2.45) is 0 Å². The van der Waals surface area contributed by atoms with E-state index in [1.54, 1.807) is 19.2 Å². The normalized spacial score (nSPS) is 17.6. The predicted octanol–water partition coefficient (Wildman–Crippen LogP) is 2.84. The summed E-state index contributed by atoms with van der Waals surface area (Å²) in [6.07, 6.45) is 1.66. The summed E-state index contributed by atoms with van der Waals surface area (Å²) < 4.78 is 27.2. The molecule has 0 bridgehead atoms. The number of rotatable bonds is 4. The van der Waals surface area contributed by atoms with Gasteiger partial charge in [-0.2, -0.15) is 4.31 Å². The quantitative estimate of drug-likeness (QED) is 0.923. The van der Waals surface area contributed by atoms with Gasteiger partial charge in [0.2, 0.25) is 10.0 Å². The molecule has 1 aromatic rings. The zero-order valence-electron chi connectivity index (χ0n) is 12.8. The number of hydrogen-bond acceptors (Lipinski definition) is 3. The minimum Gasteiger partial charge on any atom is -0.317 e. The van der Waals surface area contributed by atoms with Crippen LogP contribution in [0, 0.1) is 0 Å². The van der Waals surface area contributed by atoms with Crippen molar-refractivity contribution in [1.29, 1.82) is 0 Å². The Labute approximate surface area is 132 Å². The van der Waals surface area contributed by atoms with Crippen LogP contribution in [0.2, 0.25) is 5.02 Å². The summed E-state index contributed by atoms with van der Waals surface area (Å²) >= 11 is 6.15. The smallest absolute Gasteiger partial charge is 0.244 e. The van der Waals surface area contributed by atoms with Gasteiger partial charge in [0, 0.05) is 13.1 Å². The molecule has 118 valence electrons. The van der Waals surface area contributed by atoms with Crippen molar-refractivity contribution >= 4 is 21.6 Å². The van der Waals surface area contributed by atoms with Crippen molar-refractivity contribution in [3.8, 4) is 0 Å². The van der Waals surface area contributed by atoms with E-state index in [1.807, 2.05) is 19.9 Å². The summed E-state index contributed by atoms with van der Waals surface area (Å²) in [6, 6.07) is 5.31. The Bertz CT molecular complexity index is 596. The lowest BCUT2D eigenvalue weighted by Gasteiger charge is -2.31. The molecule has 2 rings (SSSR count). The Hall–Kier alpha value is -0.620. The third kappa shape index (κ3) is 3.59. The highest BCUT2D eigenvalue weighted by Gasteiger charge is 2.30. The number of sulfonamides is 1. The average Bonchev–Trinajstić information content (AvgIpc) is 2.47. The second-order valence-electron chi connectivity index (χ2n) is 5.85. The van der Waals surface area contributed by atoms with Crippen molar-refractivity contribution in [2.75, 3.05) is 20.1 Å². The molecular formula is C15H23ClN2O2S. The van der Waals surface area contributed by atoms with Gasteiger partial charge in [0.25, 0.3) is 0 Å². The second kappa shape index (κ2) is 6.65. The molecule has 0 radical (unpaired) electrons. The highest BCUT2D eigenvalue weighted by molar-refractivity contribution is 7.89. The largest absolute Gasteiger partial charge is 0.317 e. The van der Waals surface area contributed by atoms with Gasteiger partial charge in [0.05, 0.1) is 5.02 Å². The van der Waals surface area contributed by atoms with E-state index in [0.29, 0.717) is 5.02 Å². The molecule has 0 aromatic heterocycles. The molecule has 1 fully saturated rings. The van der Waals surface area contributed by atoms with Crippen molar-refractivity contribution in [3.63, 3.8) is 0 Å². The molecule has 0 spiro atoms. The van der Waals surface area contributed by atoms with E-state index in [0.717, 1.165) is 31.5 Å². The lowest BCUT2D eigenvalue weighted by molar-refractivity contribution is 0.296. The van der Waals surface area contributed by atoms with Crippen LogP contribution in [0.15, 0.2) is 23.1 Å². The minimum absolute atomic E-state index is 0.0371. The molecule has 1 aliphatic rings.